The first-order chi connectivity index (χ1) is 17.8. The summed E-state index contributed by atoms with van der Waals surface area (Å²) in [5, 5.41) is 0. The molecule has 0 bridgehead atoms. The molecule has 0 spiro atoms. The zero-order valence-corrected chi connectivity index (χ0v) is 22.9. The van der Waals surface area contributed by atoms with Crippen molar-refractivity contribution in [3.8, 4) is 5.75 Å². The summed E-state index contributed by atoms with van der Waals surface area (Å²) in [5.41, 5.74) is -0.990. The highest BCUT2D eigenvalue weighted by atomic mass is 19.4. The van der Waals surface area contributed by atoms with Gasteiger partial charge in [0.1, 0.15) is 11.4 Å². The molecule has 1 saturated heterocycles. The summed E-state index contributed by atoms with van der Waals surface area (Å²) in [5.74, 6) is 0.485. The molecule has 0 aromatic heterocycles. The highest BCUT2D eigenvalue weighted by Gasteiger charge is 2.56. The molecule has 9 heteroatoms. The van der Waals surface area contributed by atoms with Gasteiger partial charge in [-0.05, 0) is 75.8 Å². The summed E-state index contributed by atoms with van der Waals surface area (Å²) in [6.07, 6.45) is -3.20. The van der Waals surface area contributed by atoms with Crippen molar-refractivity contribution in [2.24, 2.45) is 0 Å². The number of halogens is 3. The number of carbonyl (C=O) groups is 1. The van der Waals surface area contributed by atoms with Gasteiger partial charge in [0.05, 0.1) is 31.5 Å². The number of likely N-dealkylation sites (N-methyl/N-ethyl adjacent to an activating group) is 1. The molecule has 1 fully saturated rings. The van der Waals surface area contributed by atoms with E-state index < -0.39 is 23.5 Å². The van der Waals surface area contributed by atoms with E-state index in [-0.39, 0.29) is 24.3 Å². The van der Waals surface area contributed by atoms with Crippen molar-refractivity contribution in [3.63, 3.8) is 0 Å². The van der Waals surface area contributed by atoms with Crippen molar-refractivity contribution in [2.45, 2.75) is 76.4 Å². The lowest BCUT2D eigenvalue weighted by Crippen LogP contribution is -2.52. The van der Waals surface area contributed by atoms with E-state index in [4.69, 9.17) is 14.2 Å². The average molecular weight is 535 g/mol. The SMILES string of the molecule is COc1cc2c(cc1N(C)[C@H]1CCCN(C(=O)OC(C)(C)C)[C@H]1c1ccccc1)C(C)(C(F)(F)F)OCC2. The Morgan fingerprint density at radius 2 is 1.84 bits per heavy atom. The first kappa shape index (κ1) is 28.1. The Kier molecular flexibility index (Phi) is 7.63. The predicted molar refractivity (Wildman–Crippen MR) is 140 cm³/mol. The number of methoxy groups -OCH3 is 1. The molecule has 6 nitrogen and oxygen atoms in total. The summed E-state index contributed by atoms with van der Waals surface area (Å²) >= 11 is 0. The van der Waals surface area contributed by atoms with Gasteiger partial charge in [0.2, 0.25) is 0 Å². The third-order valence-corrected chi connectivity index (χ3v) is 7.47. The second kappa shape index (κ2) is 10.3. The lowest BCUT2D eigenvalue weighted by Gasteiger charge is -2.46. The second-order valence-corrected chi connectivity index (χ2v) is 11.2. The fraction of sp³-hybridized carbons (Fsp3) is 0.552. The van der Waals surface area contributed by atoms with Crippen LogP contribution in [0.25, 0.3) is 0 Å². The van der Waals surface area contributed by atoms with Crippen LogP contribution in [0.3, 0.4) is 0 Å². The van der Waals surface area contributed by atoms with Crippen molar-refractivity contribution >= 4 is 11.8 Å². The number of benzene rings is 2. The van der Waals surface area contributed by atoms with Gasteiger partial charge in [0, 0.05) is 13.6 Å². The van der Waals surface area contributed by atoms with Crippen LogP contribution in [0.5, 0.6) is 5.75 Å². The minimum Gasteiger partial charge on any atom is -0.495 e. The first-order valence-corrected chi connectivity index (χ1v) is 13.0. The Bertz CT molecular complexity index is 1150. The molecule has 0 saturated carbocycles. The zero-order chi connectivity index (χ0) is 27.9. The number of rotatable bonds is 4. The monoisotopic (exact) mass is 534 g/mol. The van der Waals surface area contributed by atoms with Crippen LogP contribution in [0.4, 0.5) is 23.7 Å². The number of carbonyl (C=O) groups excluding carboxylic acids is 1. The summed E-state index contributed by atoms with van der Waals surface area (Å²) in [7, 11) is 3.36. The molecule has 38 heavy (non-hydrogen) atoms. The summed E-state index contributed by atoms with van der Waals surface area (Å²) < 4.78 is 59.4. The van der Waals surface area contributed by atoms with Crippen LogP contribution in [-0.4, -0.2) is 56.1 Å². The molecule has 2 aromatic carbocycles. The van der Waals surface area contributed by atoms with Gasteiger partial charge in [-0.2, -0.15) is 13.2 Å². The highest BCUT2D eigenvalue weighted by molar-refractivity contribution is 5.70. The normalized spacial score (nSPS) is 24.0. The first-order valence-electron chi connectivity index (χ1n) is 13.0. The highest BCUT2D eigenvalue weighted by Crippen LogP contribution is 2.49. The van der Waals surface area contributed by atoms with E-state index in [0.29, 0.717) is 36.4 Å². The molecule has 2 aliphatic heterocycles. The fourth-order valence-electron chi connectivity index (χ4n) is 5.52. The van der Waals surface area contributed by atoms with E-state index >= 15 is 0 Å². The molecule has 2 aliphatic rings. The quantitative estimate of drug-likeness (QED) is 0.441. The number of likely N-dealkylation sites (tertiary alicyclic amines) is 1. The van der Waals surface area contributed by atoms with Gasteiger partial charge in [-0.25, -0.2) is 4.79 Å². The molecule has 0 radical (unpaired) electrons. The molecule has 208 valence electrons. The number of nitrogens with zero attached hydrogens (tertiary/aromatic N) is 2. The number of amides is 1. The number of anilines is 1. The second-order valence-electron chi connectivity index (χ2n) is 11.2. The Morgan fingerprint density at radius 3 is 2.45 bits per heavy atom. The number of piperidine rings is 1. The summed E-state index contributed by atoms with van der Waals surface area (Å²) in [6.45, 7) is 7.05. The maximum Gasteiger partial charge on any atom is 0.421 e. The number of ether oxygens (including phenoxy) is 3. The third-order valence-electron chi connectivity index (χ3n) is 7.47. The third kappa shape index (κ3) is 5.30. The van der Waals surface area contributed by atoms with Crippen molar-refractivity contribution in [2.75, 3.05) is 32.2 Å². The molecular weight excluding hydrogens is 497 g/mol. The van der Waals surface area contributed by atoms with Crippen LogP contribution in [-0.2, 0) is 21.5 Å². The Morgan fingerprint density at radius 1 is 1.16 bits per heavy atom. The number of hydrogen-bond acceptors (Lipinski definition) is 5. The topological polar surface area (TPSA) is 51.2 Å². The van der Waals surface area contributed by atoms with Gasteiger partial charge in [-0.3, -0.25) is 4.90 Å². The van der Waals surface area contributed by atoms with Crippen LogP contribution < -0.4 is 9.64 Å². The maximum atomic E-state index is 14.2. The van der Waals surface area contributed by atoms with Gasteiger partial charge in [0.15, 0.2) is 5.60 Å². The molecule has 0 aliphatic carbocycles. The van der Waals surface area contributed by atoms with Crippen LogP contribution in [0.15, 0.2) is 42.5 Å². The summed E-state index contributed by atoms with van der Waals surface area (Å²) in [4.78, 5) is 17.0. The minimum absolute atomic E-state index is 0.0229. The molecule has 4 rings (SSSR count). The standard InChI is InChI=1S/C29H37F3N2O4/c1-27(2,3)38-26(35)34-15-10-13-22(25(34)19-11-8-7-9-12-19)33(5)23-18-21-20(17-24(23)36-6)14-16-37-28(21,4)29(30,31)32/h7-9,11-12,17-18,22,25H,10,13-16H2,1-6H3/t22-,25-,28?/m0/s1. The smallest absolute Gasteiger partial charge is 0.421 e. The van der Waals surface area contributed by atoms with Gasteiger partial charge in [-0.1, -0.05) is 30.3 Å². The number of hydrogen-bond donors (Lipinski definition) is 0. The van der Waals surface area contributed by atoms with Crippen LogP contribution in [0.2, 0.25) is 0 Å². The van der Waals surface area contributed by atoms with Gasteiger partial charge in [0.25, 0.3) is 0 Å². The van der Waals surface area contributed by atoms with E-state index in [1.165, 1.54) is 7.11 Å². The Balaban J connectivity index is 1.80. The van der Waals surface area contributed by atoms with E-state index in [1.807, 2.05) is 63.1 Å². The van der Waals surface area contributed by atoms with Crippen LogP contribution in [0, 0.1) is 0 Å². The molecule has 1 amide bonds. The van der Waals surface area contributed by atoms with Crippen LogP contribution in [0.1, 0.15) is 63.3 Å². The molecule has 1 unspecified atom stereocenters. The lowest BCUT2D eigenvalue weighted by atomic mass is 9.85. The van der Waals surface area contributed by atoms with Crippen LogP contribution >= 0.6 is 0 Å². The predicted octanol–water partition coefficient (Wildman–Crippen LogP) is 6.62. The van der Waals surface area contributed by atoms with Crippen molar-refractivity contribution < 1.29 is 32.2 Å². The van der Waals surface area contributed by atoms with E-state index in [1.54, 1.807) is 17.0 Å². The average Bonchev–Trinajstić information content (AvgIpc) is 2.86. The minimum atomic E-state index is -4.59. The number of fused-ring (bicyclic) bond motifs is 1. The van der Waals surface area contributed by atoms with Crippen molar-refractivity contribution in [1.29, 1.82) is 0 Å². The van der Waals surface area contributed by atoms with E-state index in [2.05, 4.69) is 0 Å². The van der Waals surface area contributed by atoms with Gasteiger partial charge < -0.3 is 19.1 Å². The Labute approximate surface area is 222 Å². The molecule has 3 atom stereocenters. The largest absolute Gasteiger partial charge is 0.495 e. The Hall–Kier alpha value is -2.94. The fourth-order valence-corrected chi connectivity index (χ4v) is 5.52. The van der Waals surface area contributed by atoms with Crippen molar-refractivity contribution in [3.05, 3.63) is 59.2 Å². The zero-order valence-electron chi connectivity index (χ0n) is 22.9. The molecular formula is C29H37F3N2O4. The molecule has 2 heterocycles. The van der Waals surface area contributed by atoms with Crippen molar-refractivity contribution in [1.82, 2.24) is 4.90 Å². The van der Waals surface area contributed by atoms with E-state index in [0.717, 1.165) is 18.9 Å². The van der Waals surface area contributed by atoms with E-state index in [9.17, 15) is 18.0 Å². The summed E-state index contributed by atoms with van der Waals surface area (Å²) in [6, 6.07) is 12.3. The molecule has 2 aromatic rings. The molecule has 0 N–H and O–H groups in total. The lowest BCUT2D eigenvalue weighted by molar-refractivity contribution is -0.281. The number of alkyl halides is 3. The maximum absolute atomic E-state index is 14.2. The van der Waals surface area contributed by atoms with Gasteiger partial charge >= 0.3 is 12.3 Å². The van der Waals surface area contributed by atoms with Gasteiger partial charge in [-0.15, -0.1) is 0 Å².